The molecule has 5 nitrogen and oxygen atoms in total. The lowest BCUT2D eigenvalue weighted by Crippen LogP contribution is -2.49. The minimum absolute atomic E-state index is 0.0132. The largest absolute Gasteiger partial charge is 0.388 e. The highest BCUT2D eigenvalue weighted by atomic mass is 16.8. The highest BCUT2D eigenvalue weighted by molar-refractivity contribution is 5.72. The first-order valence-corrected chi connectivity index (χ1v) is 11.7. The molecule has 0 saturated heterocycles. The Labute approximate surface area is 187 Å². The van der Waals surface area contributed by atoms with Gasteiger partial charge in [-0.25, -0.2) is 9.90 Å². The van der Waals surface area contributed by atoms with Crippen LogP contribution in [0, 0.1) is 11.3 Å². The fourth-order valence-corrected chi connectivity index (χ4v) is 5.74. The van der Waals surface area contributed by atoms with Gasteiger partial charge in [0.25, 0.3) is 0 Å². The Morgan fingerprint density at radius 1 is 1.42 bits per heavy atom. The zero-order chi connectivity index (χ0) is 23.0. The Kier molecular flexibility index (Phi) is 6.99. The molecular formula is C26H39NO4. The number of amides is 1. The summed E-state index contributed by atoms with van der Waals surface area (Å²) in [7, 11) is 0. The molecule has 4 atom stereocenters. The third-order valence-electron chi connectivity index (χ3n) is 7.43. The average Bonchev–Trinajstić information content (AvgIpc) is 3.04. The van der Waals surface area contributed by atoms with Crippen LogP contribution in [0.2, 0.25) is 0 Å². The van der Waals surface area contributed by atoms with Gasteiger partial charge in [0.2, 0.25) is 5.91 Å². The van der Waals surface area contributed by atoms with E-state index < -0.39 is 11.9 Å². The molecule has 2 saturated carbocycles. The van der Waals surface area contributed by atoms with Crippen LogP contribution in [0.5, 0.6) is 0 Å². The van der Waals surface area contributed by atoms with Gasteiger partial charge < -0.3 is 10.2 Å². The van der Waals surface area contributed by atoms with E-state index in [1.807, 2.05) is 19.9 Å². The first-order valence-electron chi connectivity index (χ1n) is 11.7. The molecule has 0 aromatic carbocycles. The number of aliphatic hydroxyl groups excluding tert-OH is 1. The maximum atomic E-state index is 11.9. The normalized spacial score (nSPS) is 36.1. The summed E-state index contributed by atoms with van der Waals surface area (Å²) < 4.78 is 0. The molecule has 0 aliphatic heterocycles. The van der Waals surface area contributed by atoms with E-state index in [1.165, 1.54) is 30.4 Å². The third kappa shape index (κ3) is 4.74. The van der Waals surface area contributed by atoms with Crippen LogP contribution in [0.4, 0.5) is 0 Å². The summed E-state index contributed by atoms with van der Waals surface area (Å²) in [5.74, 6) is -1.40. The summed E-state index contributed by atoms with van der Waals surface area (Å²) in [6.45, 7) is 13.8. The number of aliphatic hydroxyl groups is 2. The highest BCUT2D eigenvalue weighted by Gasteiger charge is 2.44. The van der Waals surface area contributed by atoms with Gasteiger partial charge >= 0.3 is 0 Å². The first-order chi connectivity index (χ1) is 14.5. The quantitative estimate of drug-likeness (QED) is 0.368. The van der Waals surface area contributed by atoms with E-state index >= 15 is 0 Å². The lowest BCUT2D eigenvalue weighted by atomic mass is 9.64. The second-order valence-corrected chi connectivity index (χ2v) is 9.97. The second-order valence-electron chi connectivity index (χ2n) is 9.97. The van der Waals surface area contributed by atoms with Gasteiger partial charge in [-0.15, -0.1) is 0 Å². The molecule has 3 aliphatic rings. The van der Waals surface area contributed by atoms with E-state index in [0.29, 0.717) is 11.5 Å². The van der Waals surface area contributed by atoms with Crippen LogP contribution in [0.1, 0.15) is 79.6 Å². The number of hydrogen-bond acceptors (Lipinski definition) is 4. The summed E-state index contributed by atoms with van der Waals surface area (Å²) >= 11 is 0. The number of nitrogens with zero attached hydrogens (tertiary/aromatic N) is 1. The van der Waals surface area contributed by atoms with E-state index in [1.54, 1.807) is 5.57 Å². The molecule has 0 bridgehead atoms. The van der Waals surface area contributed by atoms with Gasteiger partial charge in [0, 0.05) is 19.8 Å². The van der Waals surface area contributed by atoms with Crippen molar-refractivity contribution in [1.29, 1.82) is 0 Å². The molecule has 0 spiro atoms. The topological polar surface area (TPSA) is 70.0 Å². The molecule has 1 amide bonds. The third-order valence-corrected chi connectivity index (χ3v) is 7.43. The molecule has 0 heterocycles. The van der Waals surface area contributed by atoms with Crippen LogP contribution < -0.4 is 0 Å². The lowest BCUT2D eigenvalue weighted by Gasteiger charge is -2.41. The molecule has 2 unspecified atom stereocenters. The Morgan fingerprint density at radius 2 is 2.13 bits per heavy atom. The predicted octanol–water partition coefficient (Wildman–Crippen LogP) is 4.97. The molecule has 0 aromatic heterocycles. The second kappa shape index (κ2) is 9.05. The Balaban J connectivity index is 1.84. The summed E-state index contributed by atoms with van der Waals surface area (Å²) in [5, 5.41) is 22.8. The zero-order valence-electron chi connectivity index (χ0n) is 19.8. The fourth-order valence-electron chi connectivity index (χ4n) is 5.74. The van der Waals surface area contributed by atoms with Crippen LogP contribution in [0.3, 0.4) is 0 Å². The van der Waals surface area contributed by atoms with Gasteiger partial charge in [-0.05, 0) is 68.4 Å². The zero-order valence-corrected chi connectivity index (χ0v) is 19.8. The molecule has 3 aliphatic carbocycles. The Morgan fingerprint density at radius 3 is 2.74 bits per heavy atom. The van der Waals surface area contributed by atoms with Crippen LogP contribution in [0.15, 0.2) is 47.1 Å². The number of carbonyl (C=O) groups is 1. The highest BCUT2D eigenvalue weighted by Crippen LogP contribution is 2.55. The number of fused-ring (bicyclic) bond motifs is 1. The van der Waals surface area contributed by atoms with Crippen molar-refractivity contribution in [3.63, 3.8) is 0 Å². The van der Waals surface area contributed by atoms with Crippen molar-refractivity contribution >= 4 is 5.91 Å². The van der Waals surface area contributed by atoms with E-state index in [9.17, 15) is 15.0 Å². The van der Waals surface area contributed by atoms with E-state index in [4.69, 9.17) is 4.84 Å². The first kappa shape index (κ1) is 24.0. The van der Waals surface area contributed by atoms with Gasteiger partial charge in [-0.2, -0.15) is 0 Å². The number of allylic oxidation sites excluding steroid dienone is 5. The van der Waals surface area contributed by atoms with Crippen molar-refractivity contribution in [3.8, 4) is 0 Å². The molecule has 3 rings (SSSR count). The van der Waals surface area contributed by atoms with Crippen LogP contribution in [0.25, 0.3) is 0 Å². The number of hydroxylamine groups is 2. The minimum Gasteiger partial charge on any atom is -0.388 e. The molecule has 2 N–H and O–H groups in total. The maximum absolute atomic E-state index is 11.9. The SMILES string of the molecule is C=C1C(=CC=C2CCC[C@]3(C)C(CC)=CCC23)CC(O)(ON(C(C)=O)C(C)C)C[C@@H]1O. The molecule has 0 aromatic rings. The van der Waals surface area contributed by atoms with Crippen molar-refractivity contribution < 1.29 is 19.8 Å². The average molecular weight is 430 g/mol. The van der Waals surface area contributed by atoms with E-state index in [0.717, 1.165) is 24.8 Å². The van der Waals surface area contributed by atoms with Crippen LogP contribution in [-0.4, -0.2) is 39.1 Å². The number of carbonyl (C=O) groups excluding carboxylic acids is 1. The molecule has 0 radical (unpaired) electrons. The van der Waals surface area contributed by atoms with Gasteiger partial charge in [0.05, 0.1) is 12.1 Å². The molecule has 5 heteroatoms. The van der Waals surface area contributed by atoms with Crippen molar-refractivity contribution in [3.05, 3.63) is 47.1 Å². The van der Waals surface area contributed by atoms with Gasteiger partial charge in [0.1, 0.15) is 0 Å². The predicted molar refractivity (Wildman–Crippen MR) is 123 cm³/mol. The smallest absolute Gasteiger partial charge is 0.243 e. The summed E-state index contributed by atoms with van der Waals surface area (Å²) in [6.07, 6.45) is 11.6. The fraction of sp³-hybridized carbons (Fsp3) is 0.654. The standard InChI is InChI=1S/C26H39NO4/c1-7-22-12-13-23-20(9-8-14-25(22,23)6)10-11-21-15-26(30,16-24(29)18(21)4)31-27(17(2)3)19(5)28/h10-12,17,23-24,29-30H,4,7-9,13-16H2,1-3,5-6H3/t23?,24-,25+,26?/m0/s1. The van der Waals surface area contributed by atoms with Crippen molar-refractivity contribution in [2.24, 2.45) is 11.3 Å². The van der Waals surface area contributed by atoms with E-state index in [2.05, 4.69) is 32.6 Å². The molecule has 172 valence electrons. The molecule has 2 fully saturated rings. The molecule has 31 heavy (non-hydrogen) atoms. The van der Waals surface area contributed by atoms with Crippen LogP contribution in [-0.2, 0) is 9.63 Å². The number of hydrogen-bond donors (Lipinski definition) is 2. The summed E-state index contributed by atoms with van der Waals surface area (Å²) in [4.78, 5) is 17.7. The van der Waals surface area contributed by atoms with Crippen LogP contribution >= 0.6 is 0 Å². The minimum atomic E-state index is -1.65. The Hall–Kier alpha value is -1.69. The number of rotatable bonds is 5. The van der Waals surface area contributed by atoms with Crippen molar-refractivity contribution in [2.45, 2.75) is 97.5 Å². The van der Waals surface area contributed by atoms with E-state index in [-0.39, 0.29) is 30.2 Å². The van der Waals surface area contributed by atoms with Crippen molar-refractivity contribution in [1.82, 2.24) is 5.06 Å². The summed E-state index contributed by atoms with van der Waals surface area (Å²) in [5.41, 5.74) is 4.65. The van der Waals surface area contributed by atoms with Gasteiger partial charge in [0.15, 0.2) is 5.79 Å². The summed E-state index contributed by atoms with van der Waals surface area (Å²) in [6, 6.07) is -0.221. The van der Waals surface area contributed by atoms with Gasteiger partial charge in [-0.3, -0.25) is 4.79 Å². The monoisotopic (exact) mass is 429 g/mol. The lowest BCUT2D eigenvalue weighted by molar-refractivity contribution is -0.333. The van der Waals surface area contributed by atoms with Gasteiger partial charge in [-0.1, -0.05) is 49.8 Å². The Bertz CT molecular complexity index is 823. The molecular weight excluding hydrogens is 390 g/mol. The maximum Gasteiger partial charge on any atom is 0.243 e. The van der Waals surface area contributed by atoms with Crippen molar-refractivity contribution in [2.75, 3.05) is 0 Å².